The molecular weight excluding hydrogens is 346 g/mol. The maximum absolute atomic E-state index is 12.2. The van der Waals surface area contributed by atoms with Crippen molar-refractivity contribution < 1.29 is 8.42 Å². The van der Waals surface area contributed by atoms with Crippen LogP contribution in [0.4, 0.5) is 0 Å². The van der Waals surface area contributed by atoms with Gasteiger partial charge in [0.25, 0.3) is 0 Å². The number of sulfonamides is 1. The van der Waals surface area contributed by atoms with Gasteiger partial charge in [-0.15, -0.1) is 0 Å². The molecular formula is C20H17N3O2S. The molecule has 4 rings (SSSR count). The molecule has 0 aliphatic rings. The van der Waals surface area contributed by atoms with Crippen LogP contribution in [0.3, 0.4) is 0 Å². The minimum Gasteiger partial charge on any atom is -0.308 e. The fourth-order valence-corrected chi connectivity index (χ4v) is 3.76. The molecule has 26 heavy (non-hydrogen) atoms. The van der Waals surface area contributed by atoms with Crippen molar-refractivity contribution >= 4 is 20.9 Å². The standard InChI is InChI=1S/C20H17N3O2S/c1-21-26(24,25)18-12-17(13-22-14-18)23-19-10-6-5-9-16(19)11-20(23)15-7-3-2-4-8-15/h2-14,21H,1H3. The van der Waals surface area contributed by atoms with Crippen molar-refractivity contribution in [1.82, 2.24) is 14.3 Å². The van der Waals surface area contributed by atoms with E-state index in [9.17, 15) is 8.42 Å². The monoisotopic (exact) mass is 363 g/mol. The molecule has 4 aromatic rings. The van der Waals surface area contributed by atoms with Crippen molar-refractivity contribution in [3.05, 3.63) is 79.1 Å². The molecule has 5 nitrogen and oxygen atoms in total. The highest BCUT2D eigenvalue weighted by Gasteiger charge is 2.16. The lowest BCUT2D eigenvalue weighted by Gasteiger charge is -2.12. The molecule has 2 aromatic heterocycles. The Labute approximate surface area is 152 Å². The number of fused-ring (bicyclic) bond motifs is 1. The molecule has 0 spiro atoms. The normalized spacial score (nSPS) is 11.7. The lowest BCUT2D eigenvalue weighted by Crippen LogP contribution is -2.19. The molecule has 1 N–H and O–H groups in total. The predicted octanol–water partition coefficient (Wildman–Crippen LogP) is 3.60. The van der Waals surface area contributed by atoms with Crippen LogP contribution in [-0.2, 0) is 10.0 Å². The number of para-hydroxylation sites is 1. The van der Waals surface area contributed by atoms with Gasteiger partial charge in [0.15, 0.2) is 0 Å². The smallest absolute Gasteiger partial charge is 0.241 e. The summed E-state index contributed by atoms with van der Waals surface area (Å²) in [7, 11) is -2.18. The Balaban J connectivity index is 2.01. The third-order valence-electron chi connectivity index (χ3n) is 4.32. The van der Waals surface area contributed by atoms with Crippen molar-refractivity contribution in [1.29, 1.82) is 0 Å². The lowest BCUT2D eigenvalue weighted by molar-refractivity contribution is 0.587. The van der Waals surface area contributed by atoms with Gasteiger partial charge in [-0.25, -0.2) is 13.1 Å². The van der Waals surface area contributed by atoms with Gasteiger partial charge < -0.3 is 4.57 Å². The zero-order valence-electron chi connectivity index (χ0n) is 14.1. The second kappa shape index (κ2) is 6.40. The summed E-state index contributed by atoms with van der Waals surface area (Å²) in [6, 6.07) is 21.8. The van der Waals surface area contributed by atoms with Gasteiger partial charge in [-0.3, -0.25) is 4.98 Å². The molecule has 0 aliphatic carbocycles. The van der Waals surface area contributed by atoms with Gasteiger partial charge in [-0.2, -0.15) is 0 Å². The Morgan fingerprint density at radius 1 is 0.923 bits per heavy atom. The van der Waals surface area contributed by atoms with Gasteiger partial charge in [0.1, 0.15) is 4.90 Å². The van der Waals surface area contributed by atoms with E-state index in [1.54, 1.807) is 12.3 Å². The second-order valence-corrected chi connectivity index (χ2v) is 7.76. The highest BCUT2D eigenvalue weighted by Crippen LogP contribution is 2.31. The first-order valence-corrected chi connectivity index (χ1v) is 9.63. The summed E-state index contributed by atoms with van der Waals surface area (Å²) in [6.07, 6.45) is 3.02. The fourth-order valence-electron chi connectivity index (χ4n) is 3.05. The molecule has 6 heteroatoms. The predicted molar refractivity (Wildman–Crippen MR) is 103 cm³/mol. The van der Waals surface area contributed by atoms with Gasteiger partial charge in [-0.1, -0.05) is 48.5 Å². The quantitative estimate of drug-likeness (QED) is 0.602. The van der Waals surface area contributed by atoms with Crippen LogP contribution in [0.5, 0.6) is 0 Å². The molecule has 0 aliphatic heterocycles. The van der Waals surface area contributed by atoms with E-state index in [1.165, 1.54) is 13.2 Å². The van der Waals surface area contributed by atoms with Gasteiger partial charge >= 0.3 is 0 Å². The maximum Gasteiger partial charge on any atom is 0.241 e. The number of nitrogens with zero attached hydrogens (tertiary/aromatic N) is 2. The Bertz CT molecular complexity index is 1180. The largest absolute Gasteiger partial charge is 0.308 e. The van der Waals surface area contributed by atoms with Crippen LogP contribution in [-0.4, -0.2) is 25.0 Å². The van der Waals surface area contributed by atoms with Crippen molar-refractivity contribution in [3.63, 3.8) is 0 Å². The summed E-state index contributed by atoms with van der Waals surface area (Å²) in [5, 5.41) is 1.08. The molecule has 0 atom stereocenters. The Morgan fingerprint density at radius 3 is 2.42 bits per heavy atom. The molecule has 130 valence electrons. The molecule has 0 unspecified atom stereocenters. The van der Waals surface area contributed by atoms with E-state index in [0.29, 0.717) is 5.69 Å². The van der Waals surface area contributed by atoms with Gasteiger partial charge in [-0.05, 0) is 30.8 Å². The number of aromatic nitrogens is 2. The van der Waals surface area contributed by atoms with Crippen molar-refractivity contribution in [2.45, 2.75) is 4.90 Å². The van der Waals surface area contributed by atoms with Crippen LogP contribution in [0.15, 0.2) is 84.0 Å². The first kappa shape index (κ1) is 16.5. The van der Waals surface area contributed by atoms with E-state index >= 15 is 0 Å². The van der Waals surface area contributed by atoms with Crippen molar-refractivity contribution in [2.24, 2.45) is 0 Å². The van der Waals surface area contributed by atoms with Gasteiger partial charge in [0, 0.05) is 11.6 Å². The molecule has 0 fully saturated rings. The fraction of sp³-hybridized carbons (Fsp3) is 0.0500. The molecule has 0 amide bonds. The van der Waals surface area contributed by atoms with E-state index in [1.807, 2.05) is 59.2 Å². The summed E-state index contributed by atoms with van der Waals surface area (Å²) < 4.78 is 28.7. The maximum atomic E-state index is 12.2. The molecule has 0 bridgehead atoms. The molecule has 2 aromatic carbocycles. The number of rotatable bonds is 4. The topological polar surface area (TPSA) is 64.0 Å². The minimum atomic E-state index is -3.57. The molecule has 0 saturated heterocycles. The van der Waals surface area contributed by atoms with Crippen LogP contribution in [0, 0.1) is 0 Å². The average molecular weight is 363 g/mol. The Morgan fingerprint density at radius 2 is 1.65 bits per heavy atom. The summed E-state index contributed by atoms with van der Waals surface area (Å²) in [4.78, 5) is 4.29. The molecule has 0 saturated carbocycles. The van der Waals surface area contributed by atoms with E-state index in [2.05, 4.69) is 15.8 Å². The summed E-state index contributed by atoms with van der Waals surface area (Å²) in [5.74, 6) is 0. The third kappa shape index (κ3) is 2.79. The van der Waals surface area contributed by atoms with Gasteiger partial charge in [0.2, 0.25) is 10.0 Å². The number of hydrogen-bond acceptors (Lipinski definition) is 3. The first-order valence-electron chi connectivity index (χ1n) is 8.15. The zero-order valence-corrected chi connectivity index (χ0v) is 14.9. The Kier molecular flexibility index (Phi) is 4.06. The second-order valence-electron chi connectivity index (χ2n) is 5.88. The summed E-state index contributed by atoms with van der Waals surface area (Å²) in [5.41, 5.74) is 3.71. The number of nitrogens with one attached hydrogen (secondary N) is 1. The van der Waals surface area contributed by atoms with E-state index in [4.69, 9.17) is 0 Å². The zero-order chi connectivity index (χ0) is 18.1. The average Bonchev–Trinajstić information content (AvgIpc) is 3.08. The highest BCUT2D eigenvalue weighted by molar-refractivity contribution is 7.89. The summed E-state index contributed by atoms with van der Waals surface area (Å²) >= 11 is 0. The Hall–Kier alpha value is -2.96. The number of hydrogen-bond donors (Lipinski definition) is 1. The molecule has 2 heterocycles. The van der Waals surface area contributed by atoms with Crippen LogP contribution >= 0.6 is 0 Å². The van der Waals surface area contributed by atoms with Crippen molar-refractivity contribution in [2.75, 3.05) is 7.05 Å². The van der Waals surface area contributed by atoms with Crippen LogP contribution < -0.4 is 4.72 Å². The van der Waals surface area contributed by atoms with Gasteiger partial charge in [0.05, 0.1) is 23.1 Å². The lowest BCUT2D eigenvalue weighted by atomic mass is 10.1. The minimum absolute atomic E-state index is 0.134. The third-order valence-corrected chi connectivity index (χ3v) is 5.70. The number of benzene rings is 2. The van der Waals surface area contributed by atoms with Crippen molar-refractivity contribution in [3.8, 4) is 16.9 Å². The van der Waals surface area contributed by atoms with E-state index in [-0.39, 0.29) is 4.90 Å². The highest BCUT2D eigenvalue weighted by atomic mass is 32.2. The molecule has 0 radical (unpaired) electrons. The van der Waals surface area contributed by atoms with E-state index < -0.39 is 10.0 Å². The van der Waals surface area contributed by atoms with E-state index in [0.717, 1.165) is 22.2 Å². The summed E-state index contributed by atoms with van der Waals surface area (Å²) in [6.45, 7) is 0. The van der Waals surface area contributed by atoms with Crippen LogP contribution in [0.2, 0.25) is 0 Å². The number of pyridine rings is 1. The van der Waals surface area contributed by atoms with Crippen LogP contribution in [0.1, 0.15) is 0 Å². The first-order chi connectivity index (χ1) is 12.6. The van der Waals surface area contributed by atoms with Crippen LogP contribution in [0.25, 0.3) is 27.8 Å². The SMILES string of the molecule is CNS(=O)(=O)c1cncc(-n2c(-c3ccccc3)cc3ccccc32)c1.